The number of fused-ring (bicyclic) bond motifs is 1. The molecule has 0 spiro atoms. The summed E-state index contributed by atoms with van der Waals surface area (Å²) in [6.45, 7) is -1.53. The zero-order chi connectivity index (χ0) is 30.5. The van der Waals surface area contributed by atoms with Gasteiger partial charge in [0.05, 0.1) is 13.2 Å². The van der Waals surface area contributed by atoms with E-state index < -0.39 is 108 Å². The minimum atomic E-state index is -1.88. The molecule has 1 aromatic heterocycles. The van der Waals surface area contributed by atoms with E-state index in [4.69, 9.17) is 23.4 Å². The fourth-order valence-corrected chi connectivity index (χ4v) is 4.77. The molecule has 5 rings (SSSR count). The van der Waals surface area contributed by atoms with Crippen LogP contribution in [0.3, 0.4) is 0 Å². The predicted molar refractivity (Wildman–Crippen MR) is 136 cm³/mol. The van der Waals surface area contributed by atoms with Crippen LogP contribution in [0.1, 0.15) is 0 Å². The van der Waals surface area contributed by atoms with Crippen LogP contribution in [-0.2, 0) is 14.2 Å². The third-order valence-electron chi connectivity index (χ3n) is 7.00. The standard InChI is InChI=1S/C26H28O16/c27-6-14-17(33)20(36)21(37)25(39-14)42-24-18(34)15(7-28)40-26(24)41-23-19(35)16-12(32)4-9(29)5-13(16)38-22(23)8-1-2-10(30)11(31)3-8/h1-5,14-15,17-18,20-21,24-34,36-37H,6-7H2/t14-,15+,17-,18+,20+,21-,24-,25+,26+/m1/s1. The molecule has 0 radical (unpaired) electrons. The quantitative estimate of drug-likeness (QED) is 0.131. The van der Waals surface area contributed by atoms with Gasteiger partial charge in [0.1, 0.15) is 59.1 Å². The van der Waals surface area contributed by atoms with E-state index in [1.54, 1.807) is 0 Å². The number of aliphatic hydroxyl groups is 6. The highest BCUT2D eigenvalue weighted by atomic mass is 16.8. The minimum absolute atomic E-state index is 0.0224. The van der Waals surface area contributed by atoms with Gasteiger partial charge in [-0.05, 0) is 18.2 Å². The first kappa shape index (κ1) is 29.8. The van der Waals surface area contributed by atoms with E-state index in [-0.39, 0.29) is 16.9 Å². The molecular formula is C26H28O16. The second kappa shape index (κ2) is 11.5. The monoisotopic (exact) mass is 596 g/mol. The normalized spacial score (nSPS) is 31.4. The Hall–Kier alpha value is -3.71. The second-order valence-electron chi connectivity index (χ2n) is 9.76. The smallest absolute Gasteiger partial charge is 0.239 e. The van der Waals surface area contributed by atoms with Crippen LogP contribution in [0.4, 0.5) is 0 Å². The summed E-state index contributed by atoms with van der Waals surface area (Å²) >= 11 is 0. The second-order valence-corrected chi connectivity index (χ2v) is 9.76. The first-order valence-electron chi connectivity index (χ1n) is 12.6. The van der Waals surface area contributed by atoms with Gasteiger partial charge in [0.15, 0.2) is 29.7 Å². The lowest BCUT2D eigenvalue weighted by atomic mass is 9.99. The number of hydrogen-bond acceptors (Lipinski definition) is 16. The molecule has 0 aliphatic carbocycles. The van der Waals surface area contributed by atoms with Gasteiger partial charge < -0.3 is 74.4 Å². The Morgan fingerprint density at radius 1 is 0.738 bits per heavy atom. The van der Waals surface area contributed by atoms with Crippen LogP contribution in [0, 0.1) is 0 Å². The van der Waals surface area contributed by atoms with Crippen LogP contribution in [-0.4, -0.2) is 120 Å². The van der Waals surface area contributed by atoms with Crippen LogP contribution in [0.2, 0.25) is 0 Å². The Morgan fingerprint density at radius 3 is 2.07 bits per heavy atom. The largest absolute Gasteiger partial charge is 0.508 e. The Morgan fingerprint density at radius 2 is 1.40 bits per heavy atom. The lowest BCUT2D eigenvalue weighted by Gasteiger charge is -2.41. The van der Waals surface area contributed by atoms with Gasteiger partial charge in [0, 0.05) is 17.7 Å². The van der Waals surface area contributed by atoms with E-state index in [0.717, 1.165) is 24.3 Å². The van der Waals surface area contributed by atoms with E-state index in [1.165, 1.54) is 6.07 Å². The van der Waals surface area contributed by atoms with Crippen LogP contribution in [0.15, 0.2) is 39.5 Å². The van der Waals surface area contributed by atoms with Gasteiger partial charge in [0.2, 0.25) is 17.5 Å². The van der Waals surface area contributed by atoms with Crippen molar-refractivity contribution in [2.24, 2.45) is 0 Å². The van der Waals surface area contributed by atoms with Crippen molar-refractivity contribution in [3.8, 4) is 40.1 Å². The van der Waals surface area contributed by atoms with E-state index in [0.29, 0.717) is 0 Å². The lowest BCUT2D eigenvalue weighted by Crippen LogP contribution is -2.60. The molecule has 3 aromatic rings. The summed E-state index contributed by atoms with van der Waals surface area (Å²) in [5, 5.41) is 100. The van der Waals surface area contributed by atoms with Gasteiger partial charge in [0.25, 0.3) is 0 Å². The molecule has 3 heterocycles. The predicted octanol–water partition coefficient (Wildman–Crippen LogP) is -2.08. The van der Waals surface area contributed by atoms with Crippen molar-refractivity contribution < 1.29 is 74.4 Å². The van der Waals surface area contributed by atoms with Crippen molar-refractivity contribution in [2.75, 3.05) is 13.2 Å². The summed E-state index contributed by atoms with van der Waals surface area (Å²) < 4.78 is 28.1. The van der Waals surface area contributed by atoms with Gasteiger partial charge >= 0.3 is 0 Å². The van der Waals surface area contributed by atoms with Crippen molar-refractivity contribution in [3.63, 3.8) is 0 Å². The third kappa shape index (κ3) is 5.19. The molecule has 0 amide bonds. The number of phenols is 4. The fourth-order valence-electron chi connectivity index (χ4n) is 4.77. The van der Waals surface area contributed by atoms with Crippen molar-refractivity contribution in [2.45, 2.75) is 55.3 Å². The molecule has 16 heteroatoms. The Balaban J connectivity index is 1.58. The van der Waals surface area contributed by atoms with Gasteiger partial charge in [-0.25, -0.2) is 0 Å². The maximum atomic E-state index is 13.6. The zero-order valence-corrected chi connectivity index (χ0v) is 21.4. The van der Waals surface area contributed by atoms with Crippen molar-refractivity contribution in [1.82, 2.24) is 0 Å². The summed E-state index contributed by atoms with van der Waals surface area (Å²) in [5.74, 6) is -3.27. The Kier molecular flexibility index (Phi) is 8.17. The van der Waals surface area contributed by atoms with Gasteiger partial charge in [-0.15, -0.1) is 0 Å². The number of aliphatic hydroxyl groups excluding tert-OH is 6. The molecule has 16 nitrogen and oxygen atoms in total. The first-order valence-corrected chi connectivity index (χ1v) is 12.6. The summed E-state index contributed by atoms with van der Waals surface area (Å²) in [6, 6.07) is 5.26. The van der Waals surface area contributed by atoms with E-state index in [1.807, 2.05) is 0 Å². The Labute approximate surface area is 235 Å². The molecule has 2 fully saturated rings. The third-order valence-corrected chi connectivity index (χ3v) is 7.00. The highest BCUT2D eigenvalue weighted by Gasteiger charge is 2.51. The molecule has 0 saturated carbocycles. The van der Waals surface area contributed by atoms with Gasteiger partial charge in [-0.3, -0.25) is 4.79 Å². The van der Waals surface area contributed by atoms with Gasteiger partial charge in [-0.2, -0.15) is 0 Å². The van der Waals surface area contributed by atoms with E-state index in [2.05, 4.69) is 0 Å². The maximum Gasteiger partial charge on any atom is 0.239 e. The summed E-state index contributed by atoms with van der Waals surface area (Å²) in [6.07, 6.45) is -15.0. The molecule has 0 unspecified atom stereocenters. The first-order chi connectivity index (χ1) is 19.9. The lowest BCUT2D eigenvalue weighted by molar-refractivity contribution is -0.323. The molecule has 9 atom stereocenters. The SMILES string of the molecule is O=c1c(O[C@@H]2O[C@@H](CO)[C@H](O)[C@H]2O[C@@H]2O[C@H](CO)[C@@H](O)[C@H](O)[C@H]2O)c(-c2ccc(O)c(O)c2)oc2cc(O)cc(O)c12. The van der Waals surface area contributed by atoms with E-state index >= 15 is 0 Å². The van der Waals surface area contributed by atoms with Crippen molar-refractivity contribution in [3.05, 3.63) is 40.6 Å². The molecular weight excluding hydrogens is 568 g/mol. The molecule has 10 N–H and O–H groups in total. The minimum Gasteiger partial charge on any atom is -0.508 e. The summed E-state index contributed by atoms with van der Waals surface area (Å²) in [5.41, 5.74) is -1.32. The van der Waals surface area contributed by atoms with Crippen LogP contribution < -0.4 is 10.2 Å². The molecule has 2 aliphatic rings. The van der Waals surface area contributed by atoms with Crippen LogP contribution in [0.5, 0.6) is 28.7 Å². The molecule has 2 aromatic carbocycles. The molecule has 228 valence electrons. The molecule has 2 saturated heterocycles. The summed E-state index contributed by atoms with van der Waals surface area (Å²) in [4.78, 5) is 13.6. The zero-order valence-electron chi connectivity index (χ0n) is 21.4. The molecule has 0 bridgehead atoms. The maximum absolute atomic E-state index is 13.6. The average molecular weight is 596 g/mol. The summed E-state index contributed by atoms with van der Waals surface area (Å²) in [7, 11) is 0. The number of hydrogen-bond donors (Lipinski definition) is 10. The topological polar surface area (TPSA) is 269 Å². The van der Waals surface area contributed by atoms with Crippen molar-refractivity contribution in [1.29, 1.82) is 0 Å². The van der Waals surface area contributed by atoms with Gasteiger partial charge in [-0.1, -0.05) is 0 Å². The molecule has 42 heavy (non-hydrogen) atoms. The van der Waals surface area contributed by atoms with Crippen LogP contribution >= 0.6 is 0 Å². The van der Waals surface area contributed by atoms with E-state index in [9.17, 15) is 55.9 Å². The fraction of sp³-hybridized carbons (Fsp3) is 0.423. The van der Waals surface area contributed by atoms with Crippen LogP contribution in [0.25, 0.3) is 22.3 Å². The number of rotatable bonds is 7. The Bertz CT molecular complexity index is 1500. The van der Waals surface area contributed by atoms with Crippen molar-refractivity contribution >= 4 is 11.0 Å². The highest BCUT2D eigenvalue weighted by Crippen LogP contribution is 2.40. The number of benzene rings is 2. The highest BCUT2D eigenvalue weighted by molar-refractivity contribution is 5.88. The number of phenolic OH excluding ortho intramolecular Hbond substituents is 4. The average Bonchev–Trinajstić information content (AvgIpc) is 3.25. The molecule has 2 aliphatic heterocycles. The number of ether oxygens (including phenoxy) is 4. The number of aromatic hydroxyl groups is 4.